The van der Waals surface area contributed by atoms with Gasteiger partial charge in [-0.05, 0) is 48.7 Å². The average molecular weight is 288 g/mol. The molecule has 104 valence electrons. The molecular weight excluding hydrogens is 271 g/mol. The molecule has 0 radical (unpaired) electrons. The van der Waals surface area contributed by atoms with Crippen LogP contribution in [0.5, 0.6) is 0 Å². The lowest BCUT2D eigenvalue weighted by Crippen LogP contribution is -1.96. The maximum Gasteiger partial charge on any atom is 0.161 e. The van der Waals surface area contributed by atoms with E-state index in [4.69, 9.17) is 0 Å². The Labute approximate surface area is 123 Å². The second-order valence-electron chi connectivity index (χ2n) is 5.02. The summed E-state index contributed by atoms with van der Waals surface area (Å²) in [5.41, 5.74) is 1.71. The summed E-state index contributed by atoms with van der Waals surface area (Å²) in [6, 6.07) is 12.6. The normalized spacial score (nSPS) is 10.8. The molecule has 0 aliphatic heterocycles. The first-order valence-electron chi connectivity index (χ1n) is 6.55. The van der Waals surface area contributed by atoms with Crippen molar-refractivity contribution in [1.29, 1.82) is 0 Å². The SMILES string of the molecule is CC(=O)c1cc(F)ccc1Sc1ccc(C(C)C)cc1. The lowest BCUT2D eigenvalue weighted by molar-refractivity contribution is 0.101. The third-order valence-corrected chi connectivity index (χ3v) is 4.18. The van der Waals surface area contributed by atoms with Gasteiger partial charge in [-0.1, -0.05) is 37.7 Å². The molecule has 0 bridgehead atoms. The van der Waals surface area contributed by atoms with E-state index in [1.165, 1.54) is 36.4 Å². The highest BCUT2D eigenvalue weighted by Crippen LogP contribution is 2.32. The summed E-state index contributed by atoms with van der Waals surface area (Å²) >= 11 is 1.48. The van der Waals surface area contributed by atoms with E-state index in [-0.39, 0.29) is 11.6 Å². The summed E-state index contributed by atoms with van der Waals surface area (Å²) in [4.78, 5) is 13.4. The van der Waals surface area contributed by atoms with Crippen molar-refractivity contribution in [2.75, 3.05) is 0 Å². The molecule has 0 heterocycles. The van der Waals surface area contributed by atoms with Crippen molar-refractivity contribution < 1.29 is 9.18 Å². The van der Waals surface area contributed by atoms with Crippen molar-refractivity contribution >= 4 is 17.5 Å². The van der Waals surface area contributed by atoms with Gasteiger partial charge in [-0.3, -0.25) is 4.79 Å². The maximum atomic E-state index is 13.2. The van der Waals surface area contributed by atoms with Crippen LogP contribution in [0.2, 0.25) is 0 Å². The van der Waals surface area contributed by atoms with E-state index in [0.717, 1.165) is 9.79 Å². The monoisotopic (exact) mass is 288 g/mol. The molecule has 0 aliphatic carbocycles. The standard InChI is InChI=1S/C17H17FOS/c1-11(2)13-4-7-15(8-5-13)20-17-9-6-14(18)10-16(17)12(3)19/h4-11H,1-3H3. The van der Waals surface area contributed by atoms with E-state index in [0.29, 0.717) is 11.5 Å². The molecule has 2 aromatic rings. The van der Waals surface area contributed by atoms with Gasteiger partial charge in [0.25, 0.3) is 0 Å². The Kier molecular flexibility index (Phi) is 4.61. The predicted octanol–water partition coefficient (Wildman–Crippen LogP) is 5.30. The number of halogens is 1. The minimum atomic E-state index is -0.380. The molecule has 0 aromatic heterocycles. The minimum Gasteiger partial charge on any atom is -0.294 e. The number of rotatable bonds is 4. The molecule has 3 heteroatoms. The van der Waals surface area contributed by atoms with Crippen LogP contribution in [0.15, 0.2) is 52.3 Å². The Bertz CT molecular complexity index is 617. The smallest absolute Gasteiger partial charge is 0.161 e. The highest BCUT2D eigenvalue weighted by Gasteiger charge is 2.10. The van der Waals surface area contributed by atoms with E-state index < -0.39 is 0 Å². The van der Waals surface area contributed by atoms with Gasteiger partial charge in [-0.2, -0.15) is 0 Å². The van der Waals surface area contributed by atoms with E-state index in [1.807, 2.05) is 12.1 Å². The van der Waals surface area contributed by atoms with Crippen molar-refractivity contribution in [3.63, 3.8) is 0 Å². The fourth-order valence-electron chi connectivity index (χ4n) is 1.91. The number of hydrogen-bond acceptors (Lipinski definition) is 2. The summed E-state index contributed by atoms with van der Waals surface area (Å²) in [7, 11) is 0. The number of hydrogen-bond donors (Lipinski definition) is 0. The third kappa shape index (κ3) is 3.48. The fourth-order valence-corrected chi connectivity index (χ4v) is 2.89. The first-order chi connectivity index (χ1) is 9.47. The molecule has 0 amide bonds. The topological polar surface area (TPSA) is 17.1 Å². The van der Waals surface area contributed by atoms with Crippen LogP contribution in [0.25, 0.3) is 0 Å². The number of benzene rings is 2. The minimum absolute atomic E-state index is 0.120. The van der Waals surface area contributed by atoms with Crippen molar-refractivity contribution in [3.8, 4) is 0 Å². The zero-order valence-electron chi connectivity index (χ0n) is 11.8. The average Bonchev–Trinajstić information content (AvgIpc) is 2.41. The van der Waals surface area contributed by atoms with Gasteiger partial charge >= 0.3 is 0 Å². The third-order valence-electron chi connectivity index (χ3n) is 3.10. The molecule has 0 atom stereocenters. The van der Waals surface area contributed by atoms with Gasteiger partial charge in [-0.25, -0.2) is 4.39 Å². The summed E-state index contributed by atoms with van der Waals surface area (Å²) in [5.74, 6) is -0.00634. The van der Waals surface area contributed by atoms with E-state index in [9.17, 15) is 9.18 Å². The molecular formula is C17H17FOS. The zero-order valence-corrected chi connectivity index (χ0v) is 12.6. The molecule has 0 saturated carbocycles. The van der Waals surface area contributed by atoms with Crippen LogP contribution in [-0.4, -0.2) is 5.78 Å². The van der Waals surface area contributed by atoms with Crippen molar-refractivity contribution in [2.24, 2.45) is 0 Å². The quantitative estimate of drug-likeness (QED) is 0.710. The van der Waals surface area contributed by atoms with Crippen LogP contribution >= 0.6 is 11.8 Å². The molecule has 0 saturated heterocycles. The Hall–Kier alpha value is -1.61. The lowest BCUT2D eigenvalue weighted by Gasteiger charge is -2.09. The van der Waals surface area contributed by atoms with Gasteiger partial charge in [0.1, 0.15) is 5.82 Å². The van der Waals surface area contributed by atoms with Crippen molar-refractivity contribution in [2.45, 2.75) is 36.5 Å². The molecule has 0 aliphatic rings. The van der Waals surface area contributed by atoms with Gasteiger partial charge in [0.05, 0.1) is 0 Å². The van der Waals surface area contributed by atoms with E-state index in [2.05, 4.69) is 26.0 Å². The van der Waals surface area contributed by atoms with Crippen molar-refractivity contribution in [3.05, 3.63) is 59.4 Å². The fraction of sp³-hybridized carbons (Fsp3) is 0.235. The van der Waals surface area contributed by atoms with Crippen LogP contribution < -0.4 is 0 Å². The summed E-state index contributed by atoms with van der Waals surface area (Å²) < 4.78 is 13.2. The van der Waals surface area contributed by atoms with Gasteiger partial charge in [0.15, 0.2) is 5.78 Å². The Morgan fingerprint density at radius 2 is 1.75 bits per heavy atom. The Balaban J connectivity index is 2.28. The van der Waals surface area contributed by atoms with E-state index in [1.54, 1.807) is 6.07 Å². The van der Waals surface area contributed by atoms with Crippen molar-refractivity contribution in [1.82, 2.24) is 0 Å². The summed E-state index contributed by atoms with van der Waals surface area (Å²) in [6.45, 7) is 5.76. The lowest BCUT2D eigenvalue weighted by atomic mass is 10.0. The Morgan fingerprint density at radius 3 is 2.30 bits per heavy atom. The maximum absolute atomic E-state index is 13.2. The van der Waals surface area contributed by atoms with Gasteiger partial charge in [0, 0.05) is 15.4 Å². The van der Waals surface area contributed by atoms with E-state index >= 15 is 0 Å². The van der Waals surface area contributed by atoms with Gasteiger partial charge < -0.3 is 0 Å². The first-order valence-corrected chi connectivity index (χ1v) is 7.37. The summed E-state index contributed by atoms with van der Waals surface area (Å²) in [5, 5.41) is 0. The number of carbonyl (C=O) groups excluding carboxylic acids is 1. The first kappa shape index (κ1) is 14.8. The second kappa shape index (κ2) is 6.23. The molecule has 0 spiro atoms. The molecule has 0 unspecified atom stereocenters. The number of carbonyl (C=O) groups is 1. The molecule has 20 heavy (non-hydrogen) atoms. The zero-order chi connectivity index (χ0) is 14.7. The highest BCUT2D eigenvalue weighted by molar-refractivity contribution is 7.99. The second-order valence-corrected chi connectivity index (χ2v) is 6.14. The molecule has 2 rings (SSSR count). The predicted molar refractivity (Wildman–Crippen MR) is 81.1 cm³/mol. The summed E-state index contributed by atoms with van der Waals surface area (Å²) in [6.07, 6.45) is 0. The van der Waals surface area contributed by atoms with Gasteiger partial charge in [-0.15, -0.1) is 0 Å². The van der Waals surface area contributed by atoms with Crippen LogP contribution in [0.4, 0.5) is 4.39 Å². The molecule has 0 N–H and O–H groups in total. The largest absolute Gasteiger partial charge is 0.294 e. The Morgan fingerprint density at radius 1 is 1.10 bits per heavy atom. The van der Waals surface area contributed by atoms with Crippen LogP contribution in [0, 0.1) is 5.82 Å². The highest BCUT2D eigenvalue weighted by atomic mass is 32.2. The van der Waals surface area contributed by atoms with Crippen LogP contribution in [0.3, 0.4) is 0 Å². The molecule has 2 aromatic carbocycles. The molecule has 1 nitrogen and oxygen atoms in total. The number of ketones is 1. The van der Waals surface area contributed by atoms with Gasteiger partial charge in [0.2, 0.25) is 0 Å². The molecule has 0 fully saturated rings. The van der Waals surface area contributed by atoms with Crippen LogP contribution in [0.1, 0.15) is 42.6 Å². The van der Waals surface area contributed by atoms with Crippen LogP contribution in [-0.2, 0) is 0 Å². The number of Topliss-reactive ketones (excluding diaryl/α,β-unsaturated/α-hetero) is 1.